The number of nitrogens with zero attached hydrogens (tertiary/aromatic N) is 1. The van der Waals surface area contributed by atoms with E-state index < -0.39 is 6.09 Å². The van der Waals surface area contributed by atoms with Crippen molar-refractivity contribution in [3.63, 3.8) is 0 Å². The molecule has 1 amide bonds. The first-order chi connectivity index (χ1) is 15.2. The zero-order valence-electron chi connectivity index (χ0n) is 16.5. The van der Waals surface area contributed by atoms with E-state index in [1.54, 1.807) is 30.0 Å². The van der Waals surface area contributed by atoms with Crippen LogP contribution in [0.2, 0.25) is 5.02 Å². The monoisotopic (exact) mass is 453 g/mol. The summed E-state index contributed by atoms with van der Waals surface area (Å²) in [5, 5.41) is 4.02. The third-order valence-corrected chi connectivity index (χ3v) is 5.72. The molecule has 0 unspecified atom stereocenters. The van der Waals surface area contributed by atoms with Crippen molar-refractivity contribution in [2.45, 2.75) is 10.9 Å². The molecule has 4 aromatic rings. The van der Waals surface area contributed by atoms with Crippen LogP contribution in [0.1, 0.15) is 5.56 Å². The van der Waals surface area contributed by atoms with Gasteiger partial charge < -0.3 is 14.5 Å². The molecule has 31 heavy (non-hydrogen) atoms. The van der Waals surface area contributed by atoms with E-state index in [1.165, 1.54) is 0 Å². The average Bonchev–Trinajstić information content (AvgIpc) is 3.20. The molecule has 0 saturated carbocycles. The number of hydrogen-bond donors (Lipinski definition) is 2. The molecule has 1 heterocycles. The molecule has 0 radical (unpaired) electrons. The Morgan fingerprint density at radius 2 is 1.81 bits per heavy atom. The maximum atomic E-state index is 11.8. The lowest BCUT2D eigenvalue weighted by Crippen LogP contribution is -2.17. The number of nitrogens with one attached hydrogen (secondary N) is 2. The highest BCUT2D eigenvalue weighted by Gasteiger charge is 2.10. The first-order valence-electron chi connectivity index (χ1n) is 9.65. The van der Waals surface area contributed by atoms with Crippen molar-refractivity contribution >= 4 is 46.2 Å². The van der Waals surface area contributed by atoms with Gasteiger partial charge in [0.25, 0.3) is 0 Å². The first kappa shape index (κ1) is 21.1. The summed E-state index contributed by atoms with van der Waals surface area (Å²) in [6.07, 6.45) is -0.531. The molecule has 3 aromatic carbocycles. The summed E-state index contributed by atoms with van der Waals surface area (Å²) in [6.45, 7) is 0.301. The van der Waals surface area contributed by atoms with Gasteiger partial charge in [-0.1, -0.05) is 65.8 Å². The lowest BCUT2D eigenvalue weighted by molar-refractivity contribution is 0.138. The van der Waals surface area contributed by atoms with Gasteiger partial charge in [-0.25, -0.2) is 9.78 Å². The third-order valence-electron chi connectivity index (χ3n) is 4.37. The molecule has 0 aliphatic heterocycles. The van der Waals surface area contributed by atoms with E-state index >= 15 is 0 Å². The number of rotatable bonds is 8. The van der Waals surface area contributed by atoms with Crippen LogP contribution in [0.3, 0.4) is 0 Å². The number of ether oxygens (including phenoxy) is 2. The van der Waals surface area contributed by atoms with Crippen LogP contribution in [0.15, 0.2) is 78.0 Å². The van der Waals surface area contributed by atoms with Crippen LogP contribution >= 0.6 is 23.4 Å². The number of aromatic amines is 1. The number of H-pyrrole nitrogens is 1. The number of benzene rings is 3. The number of halogens is 1. The Labute approximate surface area is 188 Å². The highest BCUT2D eigenvalue weighted by molar-refractivity contribution is 7.98. The lowest BCUT2D eigenvalue weighted by atomic mass is 10.2. The van der Waals surface area contributed by atoms with Gasteiger partial charge in [-0.3, -0.25) is 5.32 Å². The maximum Gasteiger partial charge on any atom is 0.411 e. The van der Waals surface area contributed by atoms with Crippen LogP contribution in [-0.4, -0.2) is 29.3 Å². The number of fused-ring (bicyclic) bond motifs is 1. The molecule has 0 saturated heterocycles. The number of hydrogen-bond acceptors (Lipinski definition) is 5. The van der Waals surface area contributed by atoms with Crippen molar-refractivity contribution in [2.24, 2.45) is 0 Å². The molecule has 0 aliphatic rings. The van der Waals surface area contributed by atoms with Gasteiger partial charge in [0.15, 0.2) is 5.16 Å². The zero-order valence-corrected chi connectivity index (χ0v) is 18.1. The Balaban J connectivity index is 1.26. The number of carbonyl (C=O) groups excluding carboxylic acids is 1. The smallest absolute Gasteiger partial charge is 0.411 e. The minimum atomic E-state index is -0.531. The molecule has 0 bridgehead atoms. The van der Waals surface area contributed by atoms with E-state index in [9.17, 15) is 4.79 Å². The summed E-state index contributed by atoms with van der Waals surface area (Å²) in [7, 11) is 0. The second-order valence-corrected chi connectivity index (χ2v) is 7.89. The Morgan fingerprint density at radius 1 is 1.00 bits per heavy atom. The van der Waals surface area contributed by atoms with Crippen molar-refractivity contribution in [1.82, 2.24) is 9.97 Å². The summed E-state index contributed by atoms with van der Waals surface area (Å²) in [5.41, 5.74) is 3.55. The van der Waals surface area contributed by atoms with Crippen LogP contribution in [0, 0.1) is 0 Å². The Morgan fingerprint density at radius 3 is 2.65 bits per heavy atom. The van der Waals surface area contributed by atoms with Crippen molar-refractivity contribution in [3.05, 3.63) is 83.4 Å². The highest BCUT2D eigenvalue weighted by Crippen LogP contribution is 2.32. The van der Waals surface area contributed by atoms with Crippen LogP contribution < -0.4 is 10.1 Å². The maximum absolute atomic E-state index is 11.8. The van der Waals surface area contributed by atoms with Gasteiger partial charge in [-0.05, 0) is 35.9 Å². The average molecular weight is 454 g/mol. The summed E-state index contributed by atoms with van der Waals surface area (Å²) < 4.78 is 10.8. The molecule has 1 aromatic heterocycles. The van der Waals surface area contributed by atoms with Crippen molar-refractivity contribution in [1.29, 1.82) is 0 Å². The number of thioether (sulfide) groups is 1. The van der Waals surface area contributed by atoms with Crippen molar-refractivity contribution in [3.8, 4) is 5.75 Å². The fraction of sp³-hybridized carbons (Fsp3) is 0.130. The molecular weight excluding hydrogens is 434 g/mol. The number of aromatic nitrogens is 2. The van der Waals surface area contributed by atoms with E-state index in [1.807, 2.05) is 54.6 Å². The van der Waals surface area contributed by atoms with Crippen LogP contribution in [0.25, 0.3) is 11.0 Å². The summed E-state index contributed by atoms with van der Waals surface area (Å²) in [5.74, 6) is 1.20. The molecule has 0 atom stereocenters. The normalized spacial score (nSPS) is 10.7. The van der Waals surface area contributed by atoms with Gasteiger partial charge >= 0.3 is 6.09 Å². The fourth-order valence-electron chi connectivity index (χ4n) is 2.88. The molecule has 8 heteroatoms. The number of carbonyl (C=O) groups is 1. The molecular formula is C23H20ClN3O3S. The molecule has 0 aliphatic carbocycles. The van der Waals surface area contributed by atoms with Gasteiger partial charge in [0.2, 0.25) is 0 Å². The molecule has 6 nitrogen and oxygen atoms in total. The zero-order chi connectivity index (χ0) is 21.5. The molecule has 0 fully saturated rings. The molecule has 158 valence electrons. The predicted molar refractivity (Wildman–Crippen MR) is 124 cm³/mol. The standard InChI is InChI=1S/C23H20ClN3O3S/c24-21-16(15-31-22-26-18-10-4-5-11-19(18)27-22)7-6-12-20(21)29-13-14-30-23(28)25-17-8-2-1-3-9-17/h1-12H,13-15H2,(H,25,28)(H,26,27). The third kappa shape index (κ3) is 5.71. The number of amides is 1. The van der Waals surface area contributed by atoms with Gasteiger partial charge in [-0.2, -0.15) is 0 Å². The van der Waals surface area contributed by atoms with Gasteiger partial charge in [-0.15, -0.1) is 0 Å². The predicted octanol–water partition coefficient (Wildman–Crippen LogP) is 6.14. The number of para-hydroxylation sites is 3. The lowest BCUT2D eigenvalue weighted by Gasteiger charge is -2.11. The molecule has 0 spiro atoms. The second kappa shape index (κ2) is 10.2. The Bertz CT molecular complexity index is 1130. The minimum absolute atomic E-state index is 0.104. The number of imidazole rings is 1. The van der Waals surface area contributed by atoms with E-state index in [0.717, 1.165) is 21.8 Å². The van der Waals surface area contributed by atoms with Crippen LogP contribution in [-0.2, 0) is 10.5 Å². The molecule has 4 rings (SSSR count). The van der Waals surface area contributed by atoms with Gasteiger partial charge in [0.1, 0.15) is 19.0 Å². The highest BCUT2D eigenvalue weighted by atomic mass is 35.5. The second-order valence-electron chi connectivity index (χ2n) is 6.55. The van der Waals surface area contributed by atoms with E-state index in [2.05, 4.69) is 15.3 Å². The largest absolute Gasteiger partial charge is 0.488 e. The molecule has 2 N–H and O–H groups in total. The van der Waals surface area contributed by atoms with Crippen molar-refractivity contribution < 1.29 is 14.3 Å². The van der Waals surface area contributed by atoms with E-state index in [-0.39, 0.29) is 13.2 Å². The fourth-order valence-corrected chi connectivity index (χ4v) is 4.09. The Kier molecular flexibility index (Phi) is 6.96. The number of anilines is 1. The quantitative estimate of drug-likeness (QED) is 0.247. The van der Waals surface area contributed by atoms with Crippen LogP contribution in [0.5, 0.6) is 5.75 Å². The van der Waals surface area contributed by atoms with Crippen LogP contribution in [0.4, 0.5) is 10.5 Å². The van der Waals surface area contributed by atoms with Gasteiger partial charge in [0, 0.05) is 11.4 Å². The van der Waals surface area contributed by atoms with Crippen molar-refractivity contribution in [2.75, 3.05) is 18.5 Å². The van der Waals surface area contributed by atoms with E-state index in [4.69, 9.17) is 21.1 Å². The summed E-state index contributed by atoms with van der Waals surface area (Å²) in [6, 6.07) is 22.6. The van der Waals surface area contributed by atoms with E-state index in [0.29, 0.717) is 22.2 Å². The van der Waals surface area contributed by atoms with Gasteiger partial charge in [0.05, 0.1) is 16.1 Å². The first-order valence-corrected chi connectivity index (χ1v) is 11.0. The SMILES string of the molecule is O=C(Nc1ccccc1)OCCOc1cccc(CSc2nc3ccccc3[nH]2)c1Cl. The Hall–Kier alpha value is -3.16. The topological polar surface area (TPSA) is 76.2 Å². The minimum Gasteiger partial charge on any atom is -0.488 e. The summed E-state index contributed by atoms with van der Waals surface area (Å²) >= 11 is 8.08. The summed E-state index contributed by atoms with van der Waals surface area (Å²) in [4.78, 5) is 19.7.